The molecule has 0 aliphatic heterocycles. The Labute approximate surface area is 763 Å². The van der Waals surface area contributed by atoms with Gasteiger partial charge in [0.05, 0.1) is 34.2 Å². The van der Waals surface area contributed by atoms with Crippen molar-refractivity contribution in [1.82, 2.24) is 29.9 Å². The minimum absolute atomic E-state index is 0.548. The van der Waals surface area contributed by atoms with Gasteiger partial charge in [-0.1, -0.05) is 288 Å². The van der Waals surface area contributed by atoms with Crippen molar-refractivity contribution >= 4 is 64.6 Å². The van der Waals surface area contributed by atoms with E-state index in [1.807, 2.05) is 37.2 Å². The van der Waals surface area contributed by atoms with Crippen LogP contribution in [-0.2, 0) is 25.7 Å². The van der Waals surface area contributed by atoms with Crippen LogP contribution in [0.4, 0.5) is 0 Å². The maximum atomic E-state index is 4.65. The molecule has 6 aromatic heterocycles. The lowest BCUT2D eigenvalue weighted by molar-refractivity contribution is 0.648. The molecule has 0 saturated heterocycles. The third kappa shape index (κ3) is 23.9. The van der Waals surface area contributed by atoms with E-state index in [1.165, 1.54) is 224 Å². The summed E-state index contributed by atoms with van der Waals surface area (Å²) < 4.78 is 0. The summed E-state index contributed by atoms with van der Waals surface area (Å²) in [6.45, 7) is 45.8. The molecule has 128 heavy (non-hydrogen) atoms. The summed E-state index contributed by atoms with van der Waals surface area (Å²) >= 11 is 0. The second-order valence-electron chi connectivity index (χ2n) is 36.7. The van der Waals surface area contributed by atoms with Gasteiger partial charge in [-0.15, -0.1) is 0 Å². The summed E-state index contributed by atoms with van der Waals surface area (Å²) in [6, 6.07) is 93.0. The first-order valence-corrected chi connectivity index (χ1v) is 46.5. The molecule has 1 atom stereocenters. The fourth-order valence-corrected chi connectivity index (χ4v) is 18.1. The molecule has 18 rings (SSSR count). The number of aromatic nitrogens is 6. The Morgan fingerprint density at radius 1 is 0.227 bits per heavy atom. The number of aryl methyl sites for hydroxylation is 15. The summed E-state index contributed by atoms with van der Waals surface area (Å²) in [4.78, 5) is 27.8. The number of hydrogen-bond acceptors (Lipinski definition) is 6. The van der Waals surface area contributed by atoms with Crippen LogP contribution in [0.5, 0.6) is 0 Å². The third-order valence-corrected chi connectivity index (χ3v) is 24.1. The van der Waals surface area contributed by atoms with E-state index in [-0.39, 0.29) is 0 Å². The lowest BCUT2D eigenvalue weighted by atomic mass is 9.94. The Balaban J connectivity index is 0.000000131. The van der Waals surface area contributed by atoms with Gasteiger partial charge >= 0.3 is 0 Å². The van der Waals surface area contributed by atoms with E-state index in [4.69, 9.17) is 0 Å². The van der Waals surface area contributed by atoms with Crippen molar-refractivity contribution in [3.63, 3.8) is 0 Å². The summed E-state index contributed by atoms with van der Waals surface area (Å²) in [6.07, 6.45) is 20.9. The molecule has 0 N–H and O–H groups in total. The molecule has 0 radical (unpaired) electrons. The van der Waals surface area contributed by atoms with Gasteiger partial charge in [-0.05, 0) is 314 Å². The van der Waals surface area contributed by atoms with E-state index in [1.54, 1.807) is 0 Å². The van der Waals surface area contributed by atoms with Crippen molar-refractivity contribution < 1.29 is 0 Å². The third-order valence-electron chi connectivity index (χ3n) is 24.1. The quantitative estimate of drug-likeness (QED) is 0.0904. The first kappa shape index (κ1) is 92.8. The predicted octanol–water partition coefficient (Wildman–Crippen LogP) is 33.8. The molecule has 0 spiro atoms. The first-order chi connectivity index (χ1) is 61.7. The van der Waals surface area contributed by atoms with Crippen LogP contribution in [0.3, 0.4) is 0 Å². The smallest absolute Gasteiger partial charge is 0.0780 e. The molecule has 648 valence electrons. The van der Waals surface area contributed by atoms with Gasteiger partial charge in [0, 0.05) is 103 Å². The van der Waals surface area contributed by atoms with Crippen LogP contribution in [-0.4, -0.2) is 29.9 Å². The lowest BCUT2D eigenvalue weighted by Gasteiger charge is -2.12. The molecule has 6 heteroatoms. The molecule has 12 aromatic carbocycles. The molecule has 6 heterocycles. The van der Waals surface area contributed by atoms with Gasteiger partial charge < -0.3 is 0 Å². The van der Waals surface area contributed by atoms with E-state index in [0.29, 0.717) is 17.8 Å². The highest BCUT2D eigenvalue weighted by atomic mass is 14.7. The molecule has 0 bridgehead atoms. The Bertz CT molecular complexity index is 6820. The highest BCUT2D eigenvalue weighted by Gasteiger charge is 2.16. The van der Waals surface area contributed by atoms with Crippen molar-refractivity contribution in [2.75, 3.05) is 0 Å². The predicted molar refractivity (Wildman–Crippen MR) is 553 cm³/mol. The van der Waals surface area contributed by atoms with Crippen molar-refractivity contribution in [2.45, 2.75) is 209 Å². The minimum atomic E-state index is 0.548. The van der Waals surface area contributed by atoms with E-state index in [0.717, 1.165) is 59.8 Å². The van der Waals surface area contributed by atoms with Crippen LogP contribution in [0.25, 0.3) is 132 Å². The standard InChI is InChI=1S/3C21H23N.2C20H21N.C19H19N/c1-14(2)9-17-5-6-20-18(13-17)7-8-22-21(20)19-11-15(3)10-16(4)12-19;1-5-16(4)17-6-7-20-18(13-17)8-9-22-21(20)19-11-14(2)10-15(3)12-19;1-4-5-6-17-7-8-20-18(14-17)9-10-22-21(20)19-12-15(2)11-16(3)13-19;1-13(2)16-5-6-19-17(12-16)7-8-21-20(19)18-10-14(3)9-15(4)11-18;1-4-5-16-6-7-19-17(13-16)8-9-21-20(19)18-11-14(2)10-15(3)12-18;1-4-15-5-6-18-16(12-15)7-8-20-19(18)17-10-13(2)9-14(3)11-17/h5-8,10-14H,9H2,1-4H3;6-13,16H,5H2,1-4H3;7-14H,4-6H2,1-3H3;5-13H,1-4H3;6-13H,4-5H2,1-3H3;5-12H,4H2,1-3H3. The topological polar surface area (TPSA) is 77.3 Å². The average Bonchev–Trinajstić information content (AvgIpc) is 0.816. The van der Waals surface area contributed by atoms with Crippen LogP contribution in [0.15, 0.2) is 292 Å². The van der Waals surface area contributed by atoms with E-state index in [9.17, 15) is 0 Å². The zero-order valence-corrected chi connectivity index (χ0v) is 79.8. The molecule has 1 unspecified atom stereocenters. The maximum Gasteiger partial charge on any atom is 0.0780 e. The van der Waals surface area contributed by atoms with Crippen molar-refractivity contribution in [3.8, 4) is 67.5 Å². The molecule has 18 aromatic rings. The van der Waals surface area contributed by atoms with Crippen molar-refractivity contribution in [3.05, 3.63) is 392 Å². The van der Waals surface area contributed by atoms with Crippen molar-refractivity contribution in [2.24, 2.45) is 5.92 Å². The zero-order chi connectivity index (χ0) is 90.8. The normalized spacial score (nSPS) is 11.4. The van der Waals surface area contributed by atoms with Crippen LogP contribution < -0.4 is 0 Å². The van der Waals surface area contributed by atoms with Crippen LogP contribution >= 0.6 is 0 Å². The summed E-state index contributed by atoms with van der Waals surface area (Å²) in [5, 5.41) is 15.1. The summed E-state index contributed by atoms with van der Waals surface area (Å²) in [7, 11) is 0. The molecule has 0 amide bonds. The Morgan fingerprint density at radius 2 is 0.469 bits per heavy atom. The second kappa shape index (κ2) is 43.1. The van der Waals surface area contributed by atoms with Gasteiger partial charge in [-0.25, -0.2) is 0 Å². The van der Waals surface area contributed by atoms with Crippen LogP contribution in [0.2, 0.25) is 0 Å². The van der Waals surface area contributed by atoms with E-state index in [2.05, 4.69) is 430 Å². The monoisotopic (exact) mass is 1680 g/mol. The maximum absolute atomic E-state index is 4.65. The van der Waals surface area contributed by atoms with Gasteiger partial charge in [-0.2, -0.15) is 0 Å². The molecule has 0 aliphatic rings. The van der Waals surface area contributed by atoms with Crippen LogP contribution in [0.1, 0.15) is 200 Å². The summed E-state index contributed by atoms with van der Waals surface area (Å²) in [5.41, 5.74) is 37.5. The second-order valence-corrected chi connectivity index (χ2v) is 36.7. The Hall–Kier alpha value is -12.9. The average molecular weight is 1680 g/mol. The van der Waals surface area contributed by atoms with E-state index >= 15 is 0 Å². The number of benzene rings is 12. The number of fused-ring (bicyclic) bond motifs is 6. The Kier molecular flexibility index (Phi) is 31.2. The molecule has 6 nitrogen and oxygen atoms in total. The minimum Gasteiger partial charge on any atom is -0.256 e. The number of hydrogen-bond donors (Lipinski definition) is 0. The van der Waals surface area contributed by atoms with Gasteiger partial charge in [-0.3, -0.25) is 29.9 Å². The van der Waals surface area contributed by atoms with E-state index < -0.39 is 0 Å². The highest BCUT2D eigenvalue weighted by molar-refractivity contribution is 6.00. The van der Waals surface area contributed by atoms with Gasteiger partial charge in [0.1, 0.15) is 0 Å². The van der Waals surface area contributed by atoms with Gasteiger partial charge in [0.2, 0.25) is 0 Å². The van der Waals surface area contributed by atoms with Crippen LogP contribution in [0, 0.1) is 89.0 Å². The molecular formula is C122H130N6. The number of unbranched alkanes of at least 4 members (excludes halogenated alkanes) is 1. The Morgan fingerprint density at radius 3 is 0.734 bits per heavy atom. The molecule has 0 saturated carbocycles. The SMILES string of the molecule is CCC(C)c1ccc2c(-c3cc(C)cc(C)c3)nccc2c1.CCCCc1ccc2c(-c3cc(C)cc(C)c3)nccc2c1.CCCc1ccc2c(-c3cc(C)cc(C)c3)nccc2c1.CCc1ccc2c(-c3cc(C)cc(C)c3)nccc2c1.Cc1cc(C)cc(-c2nccc3cc(C(C)C)ccc23)c1.Cc1cc(C)cc(-c2nccc3cc(CC(C)C)ccc23)c1. The number of rotatable bonds is 17. The van der Waals surface area contributed by atoms with Gasteiger partial charge in [0.15, 0.2) is 0 Å². The van der Waals surface area contributed by atoms with Crippen molar-refractivity contribution in [1.29, 1.82) is 0 Å². The summed E-state index contributed by atoms with van der Waals surface area (Å²) in [5.74, 6) is 1.83. The largest absolute Gasteiger partial charge is 0.256 e. The van der Waals surface area contributed by atoms with Gasteiger partial charge in [0.25, 0.3) is 0 Å². The fraction of sp³-hybridized carbons (Fsp3) is 0.262. The fourth-order valence-electron chi connectivity index (χ4n) is 18.1. The number of nitrogens with zero attached hydrogens (tertiary/aromatic N) is 6. The molecular weight excluding hydrogens is 1550 g/mol. The lowest BCUT2D eigenvalue weighted by Crippen LogP contribution is -1.94. The first-order valence-electron chi connectivity index (χ1n) is 46.5. The zero-order valence-electron chi connectivity index (χ0n) is 79.8. The molecule has 0 aliphatic carbocycles. The number of pyridine rings is 6. The highest BCUT2D eigenvalue weighted by Crippen LogP contribution is 2.38. The molecule has 0 fully saturated rings.